The molecule has 0 aliphatic heterocycles. The molecule has 9 rings (SSSR count). The summed E-state index contributed by atoms with van der Waals surface area (Å²) in [4.78, 5) is 29.0. The number of hydrogen-bond donors (Lipinski definition) is 0. The second kappa shape index (κ2) is 11.1. The largest absolute Gasteiger partial charge is 0.309 e. The van der Waals surface area contributed by atoms with E-state index in [9.17, 15) is 4.79 Å². The van der Waals surface area contributed by atoms with E-state index in [-0.39, 0.29) is 5.43 Å². The van der Waals surface area contributed by atoms with Crippen LogP contribution in [-0.2, 0) is 0 Å². The third-order valence-electron chi connectivity index (χ3n) is 9.08. The number of rotatable bonds is 4. The molecule has 5 nitrogen and oxygen atoms in total. The highest BCUT2D eigenvalue weighted by Crippen LogP contribution is 2.37. The van der Waals surface area contributed by atoms with Crippen LogP contribution in [0.3, 0.4) is 0 Å². The van der Waals surface area contributed by atoms with E-state index in [1.807, 2.05) is 78.9 Å². The van der Waals surface area contributed by atoms with Gasteiger partial charge in [0, 0.05) is 53.3 Å². The van der Waals surface area contributed by atoms with Crippen LogP contribution in [0.25, 0.3) is 81.8 Å². The van der Waals surface area contributed by atoms with Crippen LogP contribution < -0.4 is 5.43 Å². The Hall–Kier alpha value is -5.98. The summed E-state index contributed by atoms with van der Waals surface area (Å²) >= 11 is 1.63. The maximum Gasteiger partial charge on any atom is 0.195 e. The lowest BCUT2D eigenvalue weighted by atomic mass is 10.1. The maximum absolute atomic E-state index is 14.4. The molecule has 0 bridgehead atoms. The standard InChI is InChI=1S/C42H28N4OS/c1-25-11-9-17-31-32-18-10-12-26(2)38(32)46(37(25)31)30-20-22-36-34(24-30)39(47)33-23-29(19-21-35(33)48-36)42-44-40(27-13-5-3-6-14-27)43-41(45-42)28-15-7-4-8-16-28/h3-24H,1-2H3. The highest BCUT2D eigenvalue weighted by Gasteiger charge is 2.18. The van der Waals surface area contributed by atoms with Gasteiger partial charge in [0.05, 0.1) is 11.0 Å². The number of aromatic nitrogens is 4. The Bertz CT molecular complexity index is 2650. The van der Waals surface area contributed by atoms with Crippen LogP contribution in [0.4, 0.5) is 0 Å². The predicted octanol–water partition coefficient (Wildman–Crippen LogP) is 10.3. The highest BCUT2D eigenvalue weighted by molar-refractivity contribution is 7.24. The van der Waals surface area contributed by atoms with Gasteiger partial charge in [-0.15, -0.1) is 11.3 Å². The van der Waals surface area contributed by atoms with E-state index in [0.717, 1.165) is 31.8 Å². The number of nitrogens with zero attached hydrogens (tertiary/aromatic N) is 4. The maximum atomic E-state index is 14.4. The van der Waals surface area contributed by atoms with Gasteiger partial charge in [0.25, 0.3) is 0 Å². The van der Waals surface area contributed by atoms with Gasteiger partial charge in [0.1, 0.15) is 0 Å². The second-order valence-electron chi connectivity index (χ2n) is 12.1. The van der Waals surface area contributed by atoms with Crippen LogP contribution in [0.15, 0.2) is 138 Å². The average molecular weight is 637 g/mol. The molecule has 0 fully saturated rings. The van der Waals surface area contributed by atoms with Crippen LogP contribution in [0.1, 0.15) is 11.1 Å². The monoisotopic (exact) mass is 636 g/mol. The molecule has 228 valence electrons. The van der Waals surface area contributed by atoms with Crippen LogP contribution in [0.2, 0.25) is 0 Å². The molecule has 3 aromatic heterocycles. The van der Waals surface area contributed by atoms with Crippen molar-refractivity contribution in [2.45, 2.75) is 13.8 Å². The van der Waals surface area contributed by atoms with Crippen molar-refractivity contribution in [1.82, 2.24) is 19.5 Å². The SMILES string of the molecule is Cc1cccc2c3cccc(C)c3n(-c3ccc4sc5ccc(-c6nc(-c7ccccc7)nc(-c7ccccc7)n6)cc5c(=O)c4c3)c12. The molecule has 0 amide bonds. The molecule has 0 spiro atoms. The van der Waals surface area contributed by atoms with E-state index in [4.69, 9.17) is 15.0 Å². The Morgan fingerprint density at radius 1 is 0.479 bits per heavy atom. The first-order valence-corrected chi connectivity index (χ1v) is 16.7. The summed E-state index contributed by atoms with van der Waals surface area (Å²) in [6, 6.07) is 45.0. The van der Waals surface area contributed by atoms with E-state index in [0.29, 0.717) is 28.2 Å². The fourth-order valence-corrected chi connectivity index (χ4v) is 7.81. The number of benzene rings is 6. The van der Waals surface area contributed by atoms with Gasteiger partial charge >= 0.3 is 0 Å². The van der Waals surface area contributed by atoms with Crippen molar-refractivity contribution in [3.05, 3.63) is 155 Å². The number of para-hydroxylation sites is 2. The summed E-state index contributed by atoms with van der Waals surface area (Å²) < 4.78 is 4.20. The van der Waals surface area contributed by atoms with E-state index >= 15 is 0 Å². The van der Waals surface area contributed by atoms with Crippen molar-refractivity contribution in [1.29, 1.82) is 0 Å². The van der Waals surface area contributed by atoms with Crippen molar-refractivity contribution in [3.8, 4) is 39.9 Å². The van der Waals surface area contributed by atoms with E-state index < -0.39 is 0 Å². The fourth-order valence-electron chi connectivity index (χ4n) is 6.78. The Labute approximate surface area is 280 Å². The molecule has 0 saturated carbocycles. The number of hydrogen-bond acceptors (Lipinski definition) is 5. The molecule has 0 atom stereocenters. The normalized spacial score (nSPS) is 11.6. The van der Waals surface area contributed by atoms with Crippen LogP contribution in [0.5, 0.6) is 0 Å². The summed E-state index contributed by atoms with van der Waals surface area (Å²) in [6.07, 6.45) is 0. The molecule has 48 heavy (non-hydrogen) atoms. The molecule has 0 aliphatic rings. The zero-order valence-corrected chi connectivity index (χ0v) is 27.1. The lowest BCUT2D eigenvalue weighted by Crippen LogP contribution is -2.04. The van der Waals surface area contributed by atoms with E-state index in [1.165, 1.54) is 32.9 Å². The minimum Gasteiger partial charge on any atom is -0.309 e. The van der Waals surface area contributed by atoms with Gasteiger partial charge in [0.15, 0.2) is 22.9 Å². The van der Waals surface area contributed by atoms with Gasteiger partial charge in [-0.1, -0.05) is 97.1 Å². The fraction of sp³-hybridized carbons (Fsp3) is 0.0476. The highest BCUT2D eigenvalue weighted by atomic mass is 32.1. The number of aryl methyl sites for hydroxylation is 2. The Morgan fingerprint density at radius 2 is 0.979 bits per heavy atom. The van der Waals surface area contributed by atoms with Crippen LogP contribution in [-0.4, -0.2) is 19.5 Å². The van der Waals surface area contributed by atoms with Crippen LogP contribution in [0, 0.1) is 13.8 Å². The second-order valence-corrected chi connectivity index (χ2v) is 13.2. The van der Waals surface area contributed by atoms with Gasteiger partial charge in [-0.2, -0.15) is 0 Å². The summed E-state index contributed by atoms with van der Waals surface area (Å²) in [7, 11) is 0. The van der Waals surface area contributed by atoms with Crippen molar-refractivity contribution < 1.29 is 0 Å². The average Bonchev–Trinajstić information content (AvgIpc) is 3.49. The van der Waals surface area contributed by atoms with Crippen LogP contribution >= 0.6 is 11.3 Å². The van der Waals surface area contributed by atoms with Gasteiger partial charge in [-0.3, -0.25) is 4.79 Å². The quantitative estimate of drug-likeness (QED) is 0.180. The summed E-state index contributed by atoms with van der Waals surface area (Å²) in [6.45, 7) is 4.30. The molecule has 0 unspecified atom stereocenters. The van der Waals surface area contributed by atoms with E-state index in [2.05, 4.69) is 73.0 Å². The summed E-state index contributed by atoms with van der Waals surface area (Å²) in [5, 5.41) is 3.78. The molecule has 9 aromatic rings. The molecule has 6 heteroatoms. The van der Waals surface area contributed by atoms with Crippen molar-refractivity contribution in [2.75, 3.05) is 0 Å². The summed E-state index contributed by atoms with van der Waals surface area (Å²) in [5.74, 6) is 1.70. The predicted molar refractivity (Wildman–Crippen MR) is 199 cm³/mol. The third-order valence-corrected chi connectivity index (χ3v) is 10.2. The van der Waals surface area contributed by atoms with Gasteiger partial charge in [-0.25, -0.2) is 15.0 Å². The summed E-state index contributed by atoms with van der Waals surface area (Å²) in [5.41, 5.74) is 8.27. The molecule has 0 N–H and O–H groups in total. The Kier molecular flexibility index (Phi) is 6.52. The Balaban J connectivity index is 1.25. The van der Waals surface area contributed by atoms with Crippen molar-refractivity contribution in [2.24, 2.45) is 0 Å². The van der Waals surface area contributed by atoms with E-state index in [1.54, 1.807) is 11.3 Å². The number of fused-ring (bicyclic) bond motifs is 5. The molecule has 0 radical (unpaired) electrons. The minimum atomic E-state index is -0.00252. The molecule has 3 heterocycles. The topological polar surface area (TPSA) is 60.7 Å². The molecule has 0 aliphatic carbocycles. The molecular formula is C42H28N4OS. The van der Waals surface area contributed by atoms with Crippen molar-refractivity contribution >= 4 is 53.3 Å². The zero-order chi connectivity index (χ0) is 32.4. The lowest BCUT2D eigenvalue weighted by molar-refractivity contribution is 1.07. The first-order valence-electron chi connectivity index (χ1n) is 15.9. The third kappa shape index (κ3) is 4.53. The molecule has 0 saturated heterocycles. The zero-order valence-electron chi connectivity index (χ0n) is 26.3. The van der Waals surface area contributed by atoms with Crippen molar-refractivity contribution in [3.63, 3.8) is 0 Å². The first-order chi connectivity index (χ1) is 23.5. The molecule has 6 aromatic carbocycles. The molecular weight excluding hydrogens is 609 g/mol. The minimum absolute atomic E-state index is 0.00252. The van der Waals surface area contributed by atoms with Gasteiger partial charge < -0.3 is 4.57 Å². The lowest BCUT2D eigenvalue weighted by Gasteiger charge is -2.12. The first kappa shape index (κ1) is 28.3. The van der Waals surface area contributed by atoms with Gasteiger partial charge in [0.2, 0.25) is 0 Å². The smallest absolute Gasteiger partial charge is 0.195 e. The Morgan fingerprint density at radius 3 is 1.54 bits per heavy atom. The van der Waals surface area contributed by atoms with Gasteiger partial charge in [-0.05, 0) is 61.4 Å².